The van der Waals surface area contributed by atoms with Gasteiger partial charge in [0.2, 0.25) is 10.1 Å². The quantitative estimate of drug-likeness (QED) is 0.749. The summed E-state index contributed by atoms with van der Waals surface area (Å²) < 4.78 is 1.89. The molecule has 4 heterocycles. The number of anilines is 2. The third-order valence-corrected chi connectivity index (χ3v) is 5.85. The topological polar surface area (TPSA) is 88.5 Å². The molecule has 0 bridgehead atoms. The van der Waals surface area contributed by atoms with Gasteiger partial charge in [-0.3, -0.25) is 4.90 Å². The number of nitrogens with two attached hydrogens (primary N) is 1. The highest BCUT2D eigenvalue weighted by atomic mass is 32.1. The number of aryl methyl sites for hydroxylation is 1. The molecule has 9 heteroatoms. The van der Waals surface area contributed by atoms with Gasteiger partial charge in [-0.15, -0.1) is 5.10 Å². The van der Waals surface area contributed by atoms with Gasteiger partial charge in [-0.2, -0.15) is 0 Å². The zero-order valence-electron chi connectivity index (χ0n) is 15.2. The molecule has 1 aliphatic rings. The molecule has 3 aromatic heterocycles. The summed E-state index contributed by atoms with van der Waals surface area (Å²) in [5, 5.41) is 5.76. The Morgan fingerprint density at radius 1 is 1.31 bits per heavy atom. The fourth-order valence-electron chi connectivity index (χ4n) is 3.48. The van der Waals surface area contributed by atoms with Crippen LogP contribution in [0.5, 0.6) is 0 Å². The predicted octanol–water partition coefficient (Wildman–Crippen LogP) is 1.96. The van der Waals surface area contributed by atoms with Crippen LogP contribution in [0.4, 0.5) is 10.9 Å². The fourth-order valence-corrected chi connectivity index (χ4v) is 4.46. The van der Waals surface area contributed by atoms with Gasteiger partial charge in [-0.05, 0) is 39.3 Å². The Bertz CT molecular complexity index is 856. The summed E-state index contributed by atoms with van der Waals surface area (Å²) in [6.45, 7) is 4.76. The number of fused-ring (bicyclic) bond motifs is 1. The van der Waals surface area contributed by atoms with E-state index >= 15 is 0 Å². The van der Waals surface area contributed by atoms with Crippen molar-refractivity contribution < 1.29 is 0 Å². The molecule has 2 N–H and O–H groups in total. The van der Waals surface area contributed by atoms with Crippen molar-refractivity contribution in [1.82, 2.24) is 29.5 Å². The first-order valence-electron chi connectivity index (χ1n) is 8.94. The van der Waals surface area contributed by atoms with Crippen molar-refractivity contribution in [2.24, 2.45) is 0 Å². The van der Waals surface area contributed by atoms with Crippen molar-refractivity contribution in [3.05, 3.63) is 30.0 Å². The van der Waals surface area contributed by atoms with Crippen molar-refractivity contribution in [3.8, 4) is 0 Å². The zero-order chi connectivity index (χ0) is 18.1. The number of hydrogen-bond donors (Lipinski definition) is 1. The van der Waals surface area contributed by atoms with Crippen LogP contribution in [0.3, 0.4) is 0 Å². The minimum absolute atomic E-state index is 0.510. The molecule has 1 atom stereocenters. The number of rotatable bonds is 4. The lowest BCUT2D eigenvalue weighted by atomic mass is 10.1. The smallest absolute Gasteiger partial charge is 0.214 e. The van der Waals surface area contributed by atoms with Crippen LogP contribution in [-0.2, 0) is 6.54 Å². The Morgan fingerprint density at radius 3 is 3.00 bits per heavy atom. The number of hydrogen-bond acceptors (Lipinski definition) is 8. The lowest BCUT2D eigenvalue weighted by molar-refractivity contribution is 0.212. The summed E-state index contributed by atoms with van der Waals surface area (Å²) in [5.41, 5.74) is 6.77. The van der Waals surface area contributed by atoms with Crippen molar-refractivity contribution in [2.75, 3.05) is 30.8 Å². The second-order valence-electron chi connectivity index (χ2n) is 6.88. The first kappa shape index (κ1) is 17.2. The highest BCUT2D eigenvalue weighted by molar-refractivity contribution is 7.20. The second-order valence-corrected chi connectivity index (χ2v) is 7.81. The van der Waals surface area contributed by atoms with Gasteiger partial charge in [0.25, 0.3) is 0 Å². The van der Waals surface area contributed by atoms with Crippen LogP contribution in [0.25, 0.3) is 4.96 Å². The lowest BCUT2D eigenvalue weighted by Gasteiger charge is -2.26. The van der Waals surface area contributed by atoms with E-state index in [1.807, 2.05) is 17.6 Å². The average molecular weight is 373 g/mol. The summed E-state index contributed by atoms with van der Waals surface area (Å²) in [6.07, 6.45) is 7.11. The van der Waals surface area contributed by atoms with Crippen molar-refractivity contribution >= 4 is 27.2 Å². The van der Waals surface area contributed by atoms with Crippen LogP contribution in [0.1, 0.15) is 30.8 Å². The van der Waals surface area contributed by atoms with Gasteiger partial charge in [0.1, 0.15) is 11.6 Å². The van der Waals surface area contributed by atoms with Crippen molar-refractivity contribution in [2.45, 2.75) is 38.8 Å². The van der Waals surface area contributed by atoms with Crippen molar-refractivity contribution in [1.29, 1.82) is 0 Å². The highest BCUT2D eigenvalue weighted by Crippen LogP contribution is 2.26. The lowest BCUT2D eigenvalue weighted by Crippen LogP contribution is -2.33. The van der Waals surface area contributed by atoms with Gasteiger partial charge in [-0.1, -0.05) is 11.3 Å². The summed E-state index contributed by atoms with van der Waals surface area (Å²) in [7, 11) is 2.15. The van der Waals surface area contributed by atoms with E-state index in [2.05, 4.69) is 31.8 Å². The van der Waals surface area contributed by atoms with E-state index in [0.29, 0.717) is 11.9 Å². The first-order chi connectivity index (χ1) is 12.6. The minimum Gasteiger partial charge on any atom is -0.384 e. The molecule has 8 nitrogen and oxygen atoms in total. The molecule has 138 valence electrons. The van der Waals surface area contributed by atoms with Crippen LogP contribution in [0, 0.1) is 6.92 Å². The fraction of sp³-hybridized carbons (Fsp3) is 0.529. The standard InChI is InChI=1S/C17H24N8S/c1-12-10-25-16(20-12)26-17(22-25)24-8-3-4-13(6-9-24)23(2)11-15-19-7-5-14(18)21-15/h5,7,10,13H,3-4,6,8-9,11H2,1-2H3,(H2,18,19,21). The number of nitrogens with zero attached hydrogens (tertiary/aromatic N) is 7. The largest absolute Gasteiger partial charge is 0.384 e. The summed E-state index contributed by atoms with van der Waals surface area (Å²) in [4.78, 5) is 18.8. The van der Waals surface area contributed by atoms with Gasteiger partial charge in [0.15, 0.2) is 0 Å². The third kappa shape index (κ3) is 3.63. The third-order valence-electron chi connectivity index (χ3n) is 4.86. The van der Waals surface area contributed by atoms with E-state index < -0.39 is 0 Å². The molecule has 0 aliphatic carbocycles. The maximum absolute atomic E-state index is 5.76. The molecular formula is C17H24N8S. The summed E-state index contributed by atoms with van der Waals surface area (Å²) in [5.74, 6) is 1.31. The molecule has 0 spiro atoms. The number of aromatic nitrogens is 5. The minimum atomic E-state index is 0.510. The average Bonchev–Trinajstić information content (AvgIpc) is 3.02. The van der Waals surface area contributed by atoms with Crippen LogP contribution in [-0.4, -0.2) is 55.6 Å². The van der Waals surface area contributed by atoms with Gasteiger partial charge in [0, 0.05) is 25.3 Å². The molecule has 0 saturated carbocycles. The molecular weight excluding hydrogens is 348 g/mol. The predicted molar refractivity (Wildman–Crippen MR) is 103 cm³/mol. The zero-order valence-corrected chi connectivity index (χ0v) is 16.0. The molecule has 0 aromatic carbocycles. The SMILES string of the molecule is Cc1cn2nc(N3CCCC(N(C)Cc4nccc(N)n4)CC3)sc2n1. The number of nitrogen functional groups attached to an aromatic ring is 1. The van der Waals surface area contributed by atoms with E-state index in [1.165, 1.54) is 0 Å². The van der Waals surface area contributed by atoms with E-state index in [1.54, 1.807) is 23.6 Å². The first-order valence-corrected chi connectivity index (χ1v) is 9.75. The summed E-state index contributed by atoms with van der Waals surface area (Å²) >= 11 is 1.67. The molecule has 3 aromatic rings. The second kappa shape index (κ2) is 7.16. The monoisotopic (exact) mass is 372 g/mol. The Labute approximate surface area is 156 Å². The van der Waals surface area contributed by atoms with E-state index in [4.69, 9.17) is 10.8 Å². The maximum Gasteiger partial charge on any atom is 0.214 e. The van der Waals surface area contributed by atoms with E-state index in [-0.39, 0.29) is 0 Å². The van der Waals surface area contributed by atoms with Gasteiger partial charge in [0.05, 0.1) is 18.4 Å². The Kier molecular flexibility index (Phi) is 4.73. The Morgan fingerprint density at radius 2 is 2.19 bits per heavy atom. The Hall–Kier alpha value is -2.26. The van der Waals surface area contributed by atoms with Crippen molar-refractivity contribution in [3.63, 3.8) is 0 Å². The van der Waals surface area contributed by atoms with Crippen LogP contribution < -0.4 is 10.6 Å². The van der Waals surface area contributed by atoms with E-state index in [0.717, 1.165) is 60.5 Å². The highest BCUT2D eigenvalue weighted by Gasteiger charge is 2.23. The molecule has 1 fully saturated rings. The van der Waals surface area contributed by atoms with Gasteiger partial charge in [-0.25, -0.2) is 19.5 Å². The molecule has 1 saturated heterocycles. The molecule has 0 amide bonds. The molecule has 1 unspecified atom stereocenters. The van der Waals surface area contributed by atoms with Crippen LogP contribution in [0.15, 0.2) is 18.5 Å². The molecule has 26 heavy (non-hydrogen) atoms. The summed E-state index contributed by atoms with van der Waals surface area (Å²) in [6, 6.07) is 2.23. The normalized spacial score (nSPS) is 18.6. The molecule has 4 rings (SSSR count). The van der Waals surface area contributed by atoms with E-state index in [9.17, 15) is 0 Å². The van der Waals surface area contributed by atoms with Crippen LogP contribution >= 0.6 is 11.3 Å². The van der Waals surface area contributed by atoms with Gasteiger partial charge >= 0.3 is 0 Å². The number of imidazole rings is 1. The van der Waals surface area contributed by atoms with Crippen LogP contribution in [0.2, 0.25) is 0 Å². The molecule has 0 radical (unpaired) electrons. The molecule has 1 aliphatic heterocycles. The van der Waals surface area contributed by atoms with Gasteiger partial charge < -0.3 is 10.6 Å². The Balaban J connectivity index is 1.40. The maximum atomic E-state index is 5.76.